The van der Waals surface area contributed by atoms with Crippen molar-refractivity contribution in [3.8, 4) is 0 Å². The van der Waals surface area contributed by atoms with Crippen LogP contribution >= 0.6 is 0 Å². The molecule has 1 fully saturated rings. The molecule has 0 aliphatic carbocycles. The Morgan fingerprint density at radius 1 is 1.12 bits per heavy atom. The Morgan fingerprint density at radius 3 is 2.73 bits per heavy atom. The lowest BCUT2D eigenvalue weighted by Crippen LogP contribution is -2.36. The van der Waals surface area contributed by atoms with Crippen LogP contribution in [-0.2, 0) is 11.3 Å². The molecule has 26 heavy (non-hydrogen) atoms. The molecule has 7 nitrogen and oxygen atoms in total. The summed E-state index contributed by atoms with van der Waals surface area (Å²) in [5.74, 6) is 1.75. The third-order valence-electron chi connectivity index (χ3n) is 4.46. The van der Waals surface area contributed by atoms with Crippen molar-refractivity contribution in [3.05, 3.63) is 67.0 Å². The van der Waals surface area contributed by atoms with Gasteiger partial charge in [0.25, 0.3) is 0 Å². The number of hydrogen-bond acceptors (Lipinski definition) is 6. The van der Waals surface area contributed by atoms with Crippen molar-refractivity contribution in [3.63, 3.8) is 0 Å². The summed E-state index contributed by atoms with van der Waals surface area (Å²) >= 11 is 0. The molecular formula is C19H22N6O. The second-order valence-corrected chi connectivity index (χ2v) is 6.23. The molecule has 1 unspecified atom stereocenters. The first-order valence-electron chi connectivity index (χ1n) is 8.80. The number of nitrogens with zero attached hydrogens (tertiary/aromatic N) is 5. The second-order valence-electron chi connectivity index (χ2n) is 6.23. The predicted molar refractivity (Wildman–Crippen MR) is 100 cm³/mol. The molecule has 0 spiro atoms. The van der Waals surface area contributed by atoms with Crippen LogP contribution < -0.4 is 10.2 Å². The summed E-state index contributed by atoms with van der Waals surface area (Å²) in [6, 6.07) is 12.5. The van der Waals surface area contributed by atoms with Crippen LogP contribution in [-0.4, -0.2) is 45.8 Å². The van der Waals surface area contributed by atoms with Gasteiger partial charge >= 0.3 is 0 Å². The molecule has 1 atom stereocenters. The molecule has 3 heterocycles. The molecule has 134 valence electrons. The number of morpholine rings is 1. The lowest BCUT2D eigenvalue weighted by atomic mass is 10.1. The van der Waals surface area contributed by atoms with Gasteiger partial charge in [-0.25, -0.2) is 15.0 Å². The Hall–Kier alpha value is -2.93. The number of hydrogen-bond donors (Lipinski definition) is 1. The number of nitrogens with one attached hydrogen (secondary N) is 1. The highest BCUT2D eigenvalue weighted by molar-refractivity contribution is 5.49. The first-order chi connectivity index (χ1) is 12.9. The average Bonchev–Trinajstić information content (AvgIpc) is 3.22. The van der Waals surface area contributed by atoms with Gasteiger partial charge in [-0.15, -0.1) is 0 Å². The van der Waals surface area contributed by atoms with Gasteiger partial charge in [0.05, 0.1) is 25.6 Å². The molecule has 1 aromatic carbocycles. The number of anilines is 2. The minimum atomic E-state index is 0.0813. The lowest BCUT2D eigenvalue weighted by molar-refractivity contribution is 0.122. The summed E-state index contributed by atoms with van der Waals surface area (Å²) in [7, 11) is 0. The highest BCUT2D eigenvalue weighted by Crippen LogP contribution is 2.22. The Bertz CT molecular complexity index is 802. The van der Waals surface area contributed by atoms with E-state index in [2.05, 4.69) is 54.0 Å². The predicted octanol–water partition coefficient (Wildman–Crippen LogP) is 2.36. The summed E-state index contributed by atoms with van der Waals surface area (Å²) in [5.41, 5.74) is 1.20. The van der Waals surface area contributed by atoms with Gasteiger partial charge in [0.1, 0.15) is 18.0 Å². The maximum absolute atomic E-state index is 5.42. The van der Waals surface area contributed by atoms with Crippen molar-refractivity contribution in [1.29, 1.82) is 0 Å². The van der Waals surface area contributed by atoms with Crippen LogP contribution in [0.25, 0.3) is 0 Å². The molecule has 7 heteroatoms. The molecular weight excluding hydrogens is 328 g/mol. The monoisotopic (exact) mass is 350 g/mol. The fraction of sp³-hybridized carbons (Fsp3) is 0.316. The molecule has 3 aromatic rings. The minimum absolute atomic E-state index is 0.0813. The van der Waals surface area contributed by atoms with E-state index in [4.69, 9.17) is 4.74 Å². The van der Waals surface area contributed by atoms with Crippen LogP contribution in [0.1, 0.15) is 11.6 Å². The Kier molecular flexibility index (Phi) is 5.07. The quantitative estimate of drug-likeness (QED) is 0.736. The molecule has 1 saturated heterocycles. The fourth-order valence-electron chi connectivity index (χ4n) is 3.10. The normalized spacial score (nSPS) is 15.6. The molecule has 1 aliphatic heterocycles. The topological polar surface area (TPSA) is 68.1 Å². The molecule has 0 radical (unpaired) electrons. The summed E-state index contributed by atoms with van der Waals surface area (Å²) in [5, 5.41) is 3.56. The highest BCUT2D eigenvalue weighted by atomic mass is 16.5. The number of ether oxygens (including phenoxy) is 1. The van der Waals surface area contributed by atoms with Gasteiger partial charge in [0.2, 0.25) is 0 Å². The van der Waals surface area contributed by atoms with Crippen molar-refractivity contribution < 1.29 is 4.74 Å². The first kappa shape index (κ1) is 16.5. The molecule has 0 bridgehead atoms. The van der Waals surface area contributed by atoms with Gasteiger partial charge in [0.15, 0.2) is 0 Å². The minimum Gasteiger partial charge on any atom is -0.378 e. The van der Waals surface area contributed by atoms with Gasteiger partial charge in [-0.3, -0.25) is 0 Å². The van der Waals surface area contributed by atoms with E-state index in [1.54, 1.807) is 12.5 Å². The second kappa shape index (κ2) is 7.97. The maximum atomic E-state index is 5.42. The van der Waals surface area contributed by atoms with Crippen LogP contribution in [0, 0.1) is 0 Å². The maximum Gasteiger partial charge on any atom is 0.134 e. The standard InChI is InChI=1S/C19H22N6O/c1-2-4-16(5-3-1)17(13-24-7-6-20-15-24)23-18-12-19(22-14-21-18)25-8-10-26-11-9-25/h1-7,12,14-15,17H,8-11,13H2,(H,21,22,23). The zero-order valence-electron chi connectivity index (χ0n) is 14.5. The number of imidazole rings is 1. The van der Waals surface area contributed by atoms with E-state index in [1.807, 2.05) is 24.7 Å². The third-order valence-corrected chi connectivity index (χ3v) is 4.46. The van der Waals surface area contributed by atoms with Crippen molar-refractivity contribution in [2.75, 3.05) is 36.5 Å². The van der Waals surface area contributed by atoms with Crippen LogP contribution in [0.5, 0.6) is 0 Å². The SMILES string of the molecule is c1ccc(C(Cn2ccnc2)Nc2cc(N3CCOCC3)ncn2)cc1. The van der Waals surface area contributed by atoms with E-state index in [-0.39, 0.29) is 6.04 Å². The smallest absolute Gasteiger partial charge is 0.134 e. The van der Waals surface area contributed by atoms with Crippen molar-refractivity contribution in [2.45, 2.75) is 12.6 Å². The van der Waals surface area contributed by atoms with E-state index >= 15 is 0 Å². The number of aromatic nitrogens is 4. The molecule has 0 amide bonds. The van der Waals surface area contributed by atoms with E-state index in [9.17, 15) is 0 Å². The zero-order valence-corrected chi connectivity index (χ0v) is 14.5. The summed E-state index contributed by atoms with van der Waals surface area (Å²) in [6.07, 6.45) is 7.21. The Morgan fingerprint density at radius 2 is 1.96 bits per heavy atom. The molecule has 1 N–H and O–H groups in total. The van der Waals surface area contributed by atoms with Crippen LogP contribution in [0.4, 0.5) is 11.6 Å². The summed E-state index contributed by atoms with van der Waals surface area (Å²) in [4.78, 5) is 15.2. The van der Waals surface area contributed by atoms with E-state index in [1.165, 1.54) is 5.56 Å². The number of rotatable bonds is 6. The van der Waals surface area contributed by atoms with E-state index in [0.29, 0.717) is 0 Å². The van der Waals surface area contributed by atoms with Crippen LogP contribution in [0.3, 0.4) is 0 Å². The first-order valence-corrected chi connectivity index (χ1v) is 8.80. The lowest BCUT2D eigenvalue weighted by Gasteiger charge is -2.28. The van der Waals surface area contributed by atoms with E-state index < -0.39 is 0 Å². The van der Waals surface area contributed by atoms with E-state index in [0.717, 1.165) is 44.5 Å². The largest absolute Gasteiger partial charge is 0.378 e. The average molecular weight is 350 g/mol. The Labute approximate surface area is 152 Å². The van der Waals surface area contributed by atoms with Gasteiger partial charge in [-0.1, -0.05) is 30.3 Å². The zero-order chi connectivity index (χ0) is 17.6. The van der Waals surface area contributed by atoms with Gasteiger partial charge in [-0.2, -0.15) is 0 Å². The van der Waals surface area contributed by atoms with Crippen molar-refractivity contribution in [1.82, 2.24) is 19.5 Å². The van der Waals surface area contributed by atoms with Gasteiger partial charge in [0, 0.05) is 38.1 Å². The highest BCUT2D eigenvalue weighted by Gasteiger charge is 2.16. The summed E-state index contributed by atoms with van der Waals surface area (Å²) in [6.45, 7) is 3.95. The van der Waals surface area contributed by atoms with Gasteiger partial charge in [-0.05, 0) is 5.56 Å². The number of benzene rings is 1. The fourth-order valence-corrected chi connectivity index (χ4v) is 3.10. The molecule has 0 saturated carbocycles. The van der Waals surface area contributed by atoms with Crippen LogP contribution in [0.15, 0.2) is 61.4 Å². The Balaban J connectivity index is 1.55. The molecule has 2 aromatic heterocycles. The van der Waals surface area contributed by atoms with Crippen LogP contribution in [0.2, 0.25) is 0 Å². The third kappa shape index (κ3) is 4.00. The van der Waals surface area contributed by atoms with Crippen molar-refractivity contribution in [2.24, 2.45) is 0 Å². The summed E-state index contributed by atoms with van der Waals surface area (Å²) < 4.78 is 7.49. The van der Waals surface area contributed by atoms with Gasteiger partial charge < -0.3 is 19.5 Å². The molecule has 1 aliphatic rings. The molecule has 4 rings (SSSR count). The van der Waals surface area contributed by atoms with Crippen molar-refractivity contribution >= 4 is 11.6 Å².